The van der Waals surface area contributed by atoms with Gasteiger partial charge in [0.05, 0.1) is 34.9 Å². The van der Waals surface area contributed by atoms with Gasteiger partial charge in [-0.15, -0.1) is 0 Å². The average Bonchev–Trinajstić information content (AvgIpc) is 3.25. The molecule has 2 saturated heterocycles. The van der Waals surface area contributed by atoms with Crippen molar-refractivity contribution in [3.63, 3.8) is 0 Å². The Kier molecular flexibility index (Phi) is 6.68. The molecule has 2 unspecified atom stereocenters. The molecule has 3 heterocycles. The zero-order chi connectivity index (χ0) is 22.8. The minimum Gasteiger partial charge on any atom is -0.493 e. The minimum absolute atomic E-state index is 0.0269. The van der Waals surface area contributed by atoms with Crippen LogP contribution >= 0.6 is 22.6 Å². The molecule has 10 heteroatoms. The monoisotopic (exact) mass is 551 g/mol. The summed E-state index contributed by atoms with van der Waals surface area (Å²) < 4.78 is 8.38. The van der Waals surface area contributed by atoms with Crippen LogP contribution in [0.3, 0.4) is 0 Å². The molecule has 4 rings (SSSR count). The zero-order valence-corrected chi connectivity index (χ0v) is 20.0. The van der Waals surface area contributed by atoms with Gasteiger partial charge >= 0.3 is 0 Å². The molecule has 2 aromatic rings. The van der Waals surface area contributed by atoms with E-state index in [1.807, 2.05) is 16.8 Å². The van der Waals surface area contributed by atoms with E-state index in [1.165, 1.54) is 0 Å². The molecule has 0 aliphatic carbocycles. The predicted octanol–water partition coefficient (Wildman–Crippen LogP) is 1.19. The molecule has 2 fully saturated rings. The Labute approximate surface area is 200 Å². The highest BCUT2D eigenvalue weighted by molar-refractivity contribution is 14.1. The second-order valence-corrected chi connectivity index (χ2v) is 9.49. The normalized spacial score (nSPS) is 19.8. The molecule has 1 aromatic carbocycles. The van der Waals surface area contributed by atoms with Gasteiger partial charge in [-0.3, -0.25) is 19.1 Å². The van der Waals surface area contributed by atoms with E-state index in [4.69, 9.17) is 10.5 Å². The summed E-state index contributed by atoms with van der Waals surface area (Å²) in [7, 11) is 1.84. The number of ether oxygens (including phenoxy) is 1. The van der Waals surface area contributed by atoms with Gasteiger partial charge in [-0.2, -0.15) is 5.10 Å². The molecular formula is C22H26IN5O4. The zero-order valence-electron chi connectivity index (χ0n) is 17.9. The third kappa shape index (κ3) is 4.89. The molecule has 2 N–H and O–H groups in total. The lowest BCUT2D eigenvalue weighted by Crippen LogP contribution is -2.47. The van der Waals surface area contributed by atoms with Gasteiger partial charge in [-0.05, 0) is 53.1 Å². The van der Waals surface area contributed by atoms with Crippen molar-refractivity contribution in [2.24, 2.45) is 18.7 Å². The van der Waals surface area contributed by atoms with Crippen LogP contribution in [-0.2, 0) is 23.1 Å². The van der Waals surface area contributed by atoms with Crippen molar-refractivity contribution in [3.05, 3.63) is 45.3 Å². The van der Waals surface area contributed by atoms with Crippen LogP contribution in [0.2, 0.25) is 0 Å². The van der Waals surface area contributed by atoms with Crippen molar-refractivity contribution in [3.8, 4) is 5.75 Å². The number of halogens is 1. The van der Waals surface area contributed by atoms with Crippen LogP contribution in [0.4, 0.5) is 0 Å². The fourth-order valence-corrected chi connectivity index (χ4v) is 5.16. The SMILES string of the molecule is Cn1ncc(I)c1CC(=O)N1CC2CC(C1)N(C(=O)CCOc1cccc(C(N)=O)c1)C2. The minimum atomic E-state index is -0.520. The van der Waals surface area contributed by atoms with E-state index in [1.54, 1.807) is 35.1 Å². The van der Waals surface area contributed by atoms with Gasteiger partial charge in [-0.1, -0.05) is 6.07 Å². The predicted molar refractivity (Wildman–Crippen MR) is 125 cm³/mol. The number of rotatable bonds is 7. The molecule has 9 nitrogen and oxygen atoms in total. The van der Waals surface area contributed by atoms with Gasteiger partial charge < -0.3 is 20.3 Å². The number of aryl methyl sites for hydroxylation is 1. The maximum absolute atomic E-state index is 12.9. The Bertz CT molecular complexity index is 1020. The number of hydrogen-bond acceptors (Lipinski definition) is 5. The summed E-state index contributed by atoms with van der Waals surface area (Å²) in [5.41, 5.74) is 6.57. The number of fused-ring (bicyclic) bond motifs is 2. The van der Waals surface area contributed by atoms with E-state index in [0.29, 0.717) is 43.3 Å². The van der Waals surface area contributed by atoms with Crippen molar-refractivity contribution in [2.75, 3.05) is 26.2 Å². The van der Waals surface area contributed by atoms with Crippen molar-refractivity contribution >= 4 is 40.3 Å². The van der Waals surface area contributed by atoms with Gasteiger partial charge in [0.15, 0.2) is 0 Å². The Morgan fingerprint density at radius 1 is 1.22 bits per heavy atom. The fourth-order valence-electron chi connectivity index (χ4n) is 4.50. The van der Waals surface area contributed by atoms with Crippen molar-refractivity contribution in [1.82, 2.24) is 19.6 Å². The molecule has 3 amide bonds. The highest BCUT2D eigenvalue weighted by atomic mass is 127. The van der Waals surface area contributed by atoms with Gasteiger partial charge in [0.1, 0.15) is 5.75 Å². The summed E-state index contributed by atoms with van der Waals surface area (Å²) in [6.45, 7) is 2.14. The van der Waals surface area contributed by atoms with Crippen LogP contribution in [0.25, 0.3) is 0 Å². The summed E-state index contributed by atoms with van der Waals surface area (Å²) in [6, 6.07) is 6.66. The van der Waals surface area contributed by atoms with Crippen LogP contribution in [0.1, 0.15) is 28.9 Å². The van der Waals surface area contributed by atoms with Crippen LogP contribution in [-0.4, -0.2) is 69.6 Å². The molecule has 2 aliphatic rings. The number of hydrogen-bond donors (Lipinski definition) is 1. The highest BCUT2D eigenvalue weighted by Crippen LogP contribution is 2.30. The fraction of sp³-hybridized carbons (Fsp3) is 0.455. The first-order valence-corrected chi connectivity index (χ1v) is 11.7. The number of carbonyl (C=O) groups excluding carboxylic acids is 3. The molecule has 170 valence electrons. The molecule has 32 heavy (non-hydrogen) atoms. The van der Waals surface area contributed by atoms with Crippen LogP contribution in [0, 0.1) is 9.49 Å². The largest absolute Gasteiger partial charge is 0.493 e. The summed E-state index contributed by atoms with van der Waals surface area (Å²) in [5.74, 6) is 0.400. The number of nitrogens with two attached hydrogens (primary N) is 1. The number of amides is 3. The topological polar surface area (TPSA) is 111 Å². The van der Waals surface area contributed by atoms with E-state index in [0.717, 1.165) is 15.7 Å². The third-order valence-electron chi connectivity index (χ3n) is 6.12. The molecule has 2 atom stereocenters. The maximum atomic E-state index is 12.9. The number of primary amides is 1. The lowest BCUT2D eigenvalue weighted by Gasteiger charge is -2.33. The number of benzene rings is 1. The first kappa shape index (κ1) is 22.6. The smallest absolute Gasteiger partial charge is 0.248 e. The van der Waals surface area contributed by atoms with Crippen molar-refractivity contribution in [1.29, 1.82) is 0 Å². The molecule has 2 bridgehead atoms. The summed E-state index contributed by atoms with van der Waals surface area (Å²) >= 11 is 2.20. The number of nitrogens with zero attached hydrogens (tertiary/aromatic N) is 4. The van der Waals surface area contributed by atoms with Crippen molar-refractivity contribution in [2.45, 2.75) is 25.3 Å². The number of carbonyl (C=O) groups is 3. The van der Waals surface area contributed by atoms with E-state index in [9.17, 15) is 14.4 Å². The molecular weight excluding hydrogens is 525 g/mol. The van der Waals surface area contributed by atoms with Crippen LogP contribution in [0.15, 0.2) is 30.5 Å². The van der Waals surface area contributed by atoms with E-state index >= 15 is 0 Å². The van der Waals surface area contributed by atoms with Gasteiger partial charge in [-0.25, -0.2) is 0 Å². The molecule has 0 spiro atoms. The number of aromatic nitrogens is 2. The second kappa shape index (κ2) is 9.47. The van der Waals surface area contributed by atoms with Crippen LogP contribution in [0.5, 0.6) is 5.75 Å². The van der Waals surface area contributed by atoms with Gasteiger partial charge in [0.25, 0.3) is 0 Å². The number of likely N-dealkylation sites (tertiary alicyclic amines) is 2. The average molecular weight is 551 g/mol. The Balaban J connectivity index is 1.29. The van der Waals surface area contributed by atoms with E-state index in [2.05, 4.69) is 27.7 Å². The maximum Gasteiger partial charge on any atom is 0.248 e. The lowest BCUT2D eigenvalue weighted by atomic mass is 9.99. The Hall–Kier alpha value is -2.63. The first-order chi connectivity index (χ1) is 15.3. The second-order valence-electron chi connectivity index (χ2n) is 8.33. The van der Waals surface area contributed by atoms with E-state index < -0.39 is 5.91 Å². The van der Waals surface area contributed by atoms with Gasteiger partial charge in [0.2, 0.25) is 17.7 Å². The quantitative estimate of drug-likeness (QED) is 0.520. The third-order valence-corrected chi connectivity index (χ3v) is 7.02. The first-order valence-electron chi connectivity index (χ1n) is 10.6. The van der Waals surface area contributed by atoms with Crippen molar-refractivity contribution < 1.29 is 19.1 Å². The van der Waals surface area contributed by atoms with E-state index in [-0.39, 0.29) is 30.9 Å². The standard InChI is InChI=1S/C22H26IN5O4/c1-26-19(18(23)10-25-26)9-21(30)27-11-14-7-16(13-27)28(12-14)20(29)5-6-32-17-4-2-3-15(8-17)22(24)31/h2-4,8,10,14,16H,5-7,9,11-13H2,1H3,(H2,24,31). The lowest BCUT2D eigenvalue weighted by molar-refractivity contribution is -0.136. The summed E-state index contributed by atoms with van der Waals surface area (Å²) in [6.07, 6.45) is 3.25. The molecule has 2 aliphatic heterocycles. The van der Waals surface area contributed by atoms with Gasteiger partial charge in [0, 0.05) is 38.3 Å². The number of piperidine rings is 1. The molecule has 1 aromatic heterocycles. The summed E-state index contributed by atoms with van der Waals surface area (Å²) in [5, 5.41) is 4.21. The Morgan fingerprint density at radius 2 is 2.03 bits per heavy atom. The molecule has 0 saturated carbocycles. The highest BCUT2D eigenvalue weighted by Gasteiger charge is 2.41. The summed E-state index contributed by atoms with van der Waals surface area (Å²) in [4.78, 5) is 40.8. The molecule has 0 radical (unpaired) electrons. The van der Waals surface area contributed by atoms with Crippen LogP contribution < -0.4 is 10.5 Å². The Morgan fingerprint density at radius 3 is 2.75 bits per heavy atom.